The summed E-state index contributed by atoms with van der Waals surface area (Å²) in [5, 5.41) is 2.79. The molecule has 0 aromatic heterocycles. The van der Waals surface area contributed by atoms with E-state index in [4.69, 9.17) is 14.2 Å². The minimum Gasteiger partial charge on any atom is -0.494 e. The molecule has 0 spiro atoms. The molecule has 1 saturated heterocycles. The van der Waals surface area contributed by atoms with Crippen LogP contribution in [-0.4, -0.2) is 46.8 Å². The van der Waals surface area contributed by atoms with Gasteiger partial charge in [0.05, 0.1) is 17.6 Å². The Balaban J connectivity index is 1.56. The van der Waals surface area contributed by atoms with E-state index >= 15 is 0 Å². The van der Waals surface area contributed by atoms with Gasteiger partial charge in [0, 0.05) is 18.8 Å². The average Bonchev–Trinajstić information content (AvgIpc) is 3.26. The highest BCUT2D eigenvalue weighted by atomic mass is 32.2. The molecule has 3 rings (SSSR count). The van der Waals surface area contributed by atoms with Crippen LogP contribution in [0.15, 0.2) is 47.4 Å². The third kappa shape index (κ3) is 6.60. The van der Waals surface area contributed by atoms with Gasteiger partial charge in [0.1, 0.15) is 11.5 Å². The average molecular weight is 449 g/mol. The van der Waals surface area contributed by atoms with Crippen LogP contribution in [0.3, 0.4) is 0 Å². The van der Waals surface area contributed by atoms with Gasteiger partial charge in [0.15, 0.2) is 6.61 Å². The van der Waals surface area contributed by atoms with Crippen LogP contribution in [0.2, 0.25) is 0 Å². The van der Waals surface area contributed by atoms with Crippen LogP contribution in [0.25, 0.3) is 0 Å². The second kappa shape index (κ2) is 10.5. The van der Waals surface area contributed by atoms with E-state index in [1.54, 1.807) is 37.3 Å². The van der Waals surface area contributed by atoms with E-state index in [0.717, 1.165) is 19.4 Å². The molecule has 2 N–H and O–H groups in total. The predicted octanol–water partition coefficient (Wildman–Crippen LogP) is 2.87. The maximum absolute atomic E-state index is 12.7. The lowest BCUT2D eigenvalue weighted by Gasteiger charge is -2.14. The largest absolute Gasteiger partial charge is 0.494 e. The Morgan fingerprint density at radius 3 is 2.58 bits per heavy atom. The molecule has 1 fully saturated rings. The molecular formula is C22H28N2O6S. The first-order valence-electron chi connectivity index (χ1n) is 10.2. The van der Waals surface area contributed by atoms with E-state index in [1.165, 1.54) is 12.1 Å². The molecule has 9 heteroatoms. The number of aryl methyl sites for hydroxylation is 1. The lowest BCUT2D eigenvalue weighted by atomic mass is 10.2. The van der Waals surface area contributed by atoms with E-state index in [1.807, 2.05) is 6.92 Å². The fourth-order valence-electron chi connectivity index (χ4n) is 3.18. The number of benzene rings is 2. The van der Waals surface area contributed by atoms with Crippen LogP contribution in [0.1, 0.15) is 25.3 Å². The molecule has 0 bridgehead atoms. The Bertz CT molecular complexity index is 986. The minimum atomic E-state index is -3.77. The standard InChI is InChI=1S/C22H28N2O6S/c1-3-28-18-8-6-17(7-9-18)24-31(26,27)20-10-11-21(16(2)13-20)30-15-22(25)23-14-19-5-4-12-29-19/h6-11,13,19,24H,3-5,12,14-15H2,1-2H3,(H,23,25)/t19-/m1/s1. The van der Waals surface area contributed by atoms with Crippen LogP contribution in [0.5, 0.6) is 11.5 Å². The van der Waals surface area contributed by atoms with E-state index < -0.39 is 10.0 Å². The molecule has 8 nitrogen and oxygen atoms in total. The molecule has 2 aromatic rings. The zero-order valence-corrected chi connectivity index (χ0v) is 18.5. The summed E-state index contributed by atoms with van der Waals surface area (Å²) in [6.07, 6.45) is 2.03. The lowest BCUT2D eigenvalue weighted by Crippen LogP contribution is -2.35. The molecule has 1 heterocycles. The van der Waals surface area contributed by atoms with Gasteiger partial charge in [-0.1, -0.05) is 0 Å². The molecular weight excluding hydrogens is 420 g/mol. The van der Waals surface area contributed by atoms with Gasteiger partial charge in [-0.25, -0.2) is 8.42 Å². The lowest BCUT2D eigenvalue weighted by molar-refractivity contribution is -0.123. The molecule has 0 aliphatic carbocycles. The van der Waals surface area contributed by atoms with E-state index in [2.05, 4.69) is 10.0 Å². The Labute approximate surface area is 182 Å². The summed E-state index contributed by atoms with van der Waals surface area (Å²) in [5.74, 6) is 0.874. The highest BCUT2D eigenvalue weighted by Gasteiger charge is 2.18. The second-order valence-corrected chi connectivity index (χ2v) is 8.90. The maximum Gasteiger partial charge on any atom is 0.261 e. The molecule has 31 heavy (non-hydrogen) atoms. The van der Waals surface area contributed by atoms with Crippen molar-refractivity contribution in [2.75, 3.05) is 31.1 Å². The number of amides is 1. The first-order chi connectivity index (χ1) is 14.9. The second-order valence-electron chi connectivity index (χ2n) is 7.22. The molecule has 0 saturated carbocycles. The number of sulfonamides is 1. The molecule has 1 aliphatic heterocycles. The van der Waals surface area contributed by atoms with Crippen molar-refractivity contribution in [1.29, 1.82) is 0 Å². The van der Waals surface area contributed by atoms with Crippen molar-refractivity contribution in [3.63, 3.8) is 0 Å². The molecule has 1 aliphatic rings. The summed E-state index contributed by atoms with van der Waals surface area (Å²) < 4.78 is 44.3. The van der Waals surface area contributed by atoms with E-state index in [-0.39, 0.29) is 23.5 Å². The van der Waals surface area contributed by atoms with Crippen molar-refractivity contribution >= 4 is 21.6 Å². The number of carbonyl (C=O) groups excluding carboxylic acids is 1. The third-order valence-corrected chi connectivity index (χ3v) is 6.16. The number of carbonyl (C=O) groups is 1. The van der Waals surface area contributed by atoms with Crippen molar-refractivity contribution in [2.24, 2.45) is 0 Å². The van der Waals surface area contributed by atoms with E-state index in [9.17, 15) is 13.2 Å². The smallest absolute Gasteiger partial charge is 0.261 e. The molecule has 0 radical (unpaired) electrons. The van der Waals surface area contributed by atoms with Gasteiger partial charge in [-0.05, 0) is 74.7 Å². The predicted molar refractivity (Wildman–Crippen MR) is 117 cm³/mol. The monoisotopic (exact) mass is 448 g/mol. The Morgan fingerprint density at radius 2 is 1.94 bits per heavy atom. The number of nitrogens with one attached hydrogen (secondary N) is 2. The van der Waals surface area contributed by atoms with Crippen molar-refractivity contribution in [1.82, 2.24) is 5.32 Å². The summed E-state index contributed by atoms with van der Waals surface area (Å²) in [5.41, 5.74) is 1.05. The SMILES string of the molecule is CCOc1ccc(NS(=O)(=O)c2ccc(OCC(=O)NC[C@H]3CCCO3)c(C)c2)cc1. The Morgan fingerprint density at radius 1 is 1.16 bits per heavy atom. The van der Waals surface area contributed by atoms with Crippen LogP contribution in [0.4, 0.5) is 5.69 Å². The number of rotatable bonds is 10. The molecule has 1 amide bonds. The fraction of sp³-hybridized carbons (Fsp3) is 0.409. The Hall–Kier alpha value is -2.78. The summed E-state index contributed by atoms with van der Waals surface area (Å²) in [4.78, 5) is 12.1. The summed E-state index contributed by atoms with van der Waals surface area (Å²) in [7, 11) is -3.77. The maximum atomic E-state index is 12.7. The van der Waals surface area contributed by atoms with Crippen LogP contribution in [-0.2, 0) is 19.6 Å². The normalized spacial score (nSPS) is 16.0. The fourth-order valence-corrected chi connectivity index (χ4v) is 4.32. The number of hydrogen-bond donors (Lipinski definition) is 2. The Kier molecular flexibility index (Phi) is 7.75. The minimum absolute atomic E-state index is 0.0676. The van der Waals surface area contributed by atoms with Crippen molar-refractivity contribution in [3.8, 4) is 11.5 Å². The van der Waals surface area contributed by atoms with Crippen molar-refractivity contribution < 1.29 is 27.4 Å². The first kappa shape index (κ1) is 22.9. The summed E-state index contributed by atoms with van der Waals surface area (Å²) in [6.45, 7) is 5.20. The number of hydrogen-bond acceptors (Lipinski definition) is 6. The van der Waals surface area contributed by atoms with Crippen molar-refractivity contribution in [3.05, 3.63) is 48.0 Å². The molecule has 2 aromatic carbocycles. The van der Waals surface area contributed by atoms with Crippen LogP contribution >= 0.6 is 0 Å². The summed E-state index contributed by atoms with van der Waals surface area (Å²) >= 11 is 0. The third-order valence-electron chi connectivity index (χ3n) is 4.78. The summed E-state index contributed by atoms with van der Waals surface area (Å²) in [6, 6.07) is 11.2. The number of anilines is 1. The van der Waals surface area contributed by atoms with Gasteiger partial charge < -0.3 is 19.5 Å². The van der Waals surface area contributed by atoms with Gasteiger partial charge in [-0.3, -0.25) is 9.52 Å². The highest BCUT2D eigenvalue weighted by Crippen LogP contribution is 2.24. The molecule has 168 valence electrons. The van der Waals surface area contributed by atoms with Gasteiger partial charge in [-0.2, -0.15) is 0 Å². The van der Waals surface area contributed by atoms with Gasteiger partial charge >= 0.3 is 0 Å². The molecule has 1 atom stereocenters. The topological polar surface area (TPSA) is 103 Å². The zero-order chi connectivity index (χ0) is 22.3. The van der Waals surface area contributed by atoms with E-state index in [0.29, 0.717) is 35.9 Å². The zero-order valence-electron chi connectivity index (χ0n) is 17.7. The molecule has 0 unspecified atom stereocenters. The van der Waals surface area contributed by atoms with Crippen LogP contribution < -0.4 is 19.5 Å². The first-order valence-corrected chi connectivity index (χ1v) is 11.7. The van der Waals surface area contributed by atoms with Gasteiger partial charge in [0.2, 0.25) is 0 Å². The van der Waals surface area contributed by atoms with Crippen molar-refractivity contribution in [2.45, 2.75) is 37.7 Å². The highest BCUT2D eigenvalue weighted by molar-refractivity contribution is 7.92. The van der Waals surface area contributed by atoms with Gasteiger partial charge in [-0.15, -0.1) is 0 Å². The number of ether oxygens (including phenoxy) is 3. The quantitative estimate of drug-likeness (QED) is 0.579. The van der Waals surface area contributed by atoms with Gasteiger partial charge in [0.25, 0.3) is 15.9 Å². The van der Waals surface area contributed by atoms with Crippen LogP contribution in [0, 0.1) is 6.92 Å².